The summed E-state index contributed by atoms with van der Waals surface area (Å²) in [7, 11) is 1.51. The highest BCUT2D eigenvalue weighted by Gasteiger charge is 2.12. The predicted molar refractivity (Wildman–Crippen MR) is 99.5 cm³/mol. The summed E-state index contributed by atoms with van der Waals surface area (Å²) in [5, 5.41) is 13.0. The van der Waals surface area contributed by atoms with Crippen molar-refractivity contribution in [3.05, 3.63) is 64.0 Å². The lowest BCUT2D eigenvalue weighted by atomic mass is 10.2. The molecule has 0 saturated carbocycles. The van der Waals surface area contributed by atoms with Gasteiger partial charge in [-0.25, -0.2) is 4.39 Å². The predicted octanol–water partition coefficient (Wildman–Crippen LogP) is 4.18. The van der Waals surface area contributed by atoms with E-state index in [9.17, 15) is 19.3 Å². The second kappa shape index (κ2) is 8.79. The molecule has 0 unspecified atom stereocenters. The van der Waals surface area contributed by atoms with Gasteiger partial charge in [0.2, 0.25) is 5.91 Å². The minimum absolute atomic E-state index is 0.0177. The van der Waals surface area contributed by atoms with Gasteiger partial charge in [0.05, 0.1) is 23.8 Å². The molecule has 2 aromatic carbocycles. The molecular weight excluding hydrogens is 355 g/mol. The summed E-state index contributed by atoms with van der Waals surface area (Å²) in [5.74, 6) is -0.307. The van der Waals surface area contributed by atoms with E-state index < -0.39 is 16.6 Å². The Bertz CT molecular complexity index is 880. The molecule has 2 rings (SSSR count). The van der Waals surface area contributed by atoms with Crippen LogP contribution in [0.15, 0.2) is 42.5 Å². The maximum atomic E-state index is 13.7. The van der Waals surface area contributed by atoms with Gasteiger partial charge in [0.1, 0.15) is 5.82 Å². The van der Waals surface area contributed by atoms with Gasteiger partial charge in [0, 0.05) is 18.2 Å². The van der Waals surface area contributed by atoms with E-state index in [1.807, 2.05) is 13.8 Å². The highest BCUT2D eigenvalue weighted by atomic mass is 19.1. The van der Waals surface area contributed by atoms with Crippen LogP contribution >= 0.6 is 0 Å². The van der Waals surface area contributed by atoms with Crippen molar-refractivity contribution in [2.24, 2.45) is 0 Å². The first kappa shape index (κ1) is 19.9. The van der Waals surface area contributed by atoms with E-state index in [1.54, 1.807) is 18.2 Å². The van der Waals surface area contributed by atoms with Gasteiger partial charge in [0.15, 0.2) is 11.5 Å². The van der Waals surface area contributed by atoms with Gasteiger partial charge in [-0.3, -0.25) is 14.9 Å². The van der Waals surface area contributed by atoms with Crippen molar-refractivity contribution in [2.45, 2.75) is 20.0 Å². The molecule has 27 heavy (non-hydrogen) atoms. The third kappa shape index (κ3) is 5.53. The quantitative estimate of drug-likeness (QED) is 0.446. The molecular formula is C19H19FN2O5. The summed E-state index contributed by atoms with van der Waals surface area (Å²) in [4.78, 5) is 22.1. The van der Waals surface area contributed by atoms with Crippen LogP contribution in [0.2, 0.25) is 0 Å². The largest absolute Gasteiger partial charge is 0.493 e. The standard InChI is InChI=1S/C19H19FN2O5/c1-12(2)27-17-8-4-13(10-18(17)26-3)5-9-19(23)21-16-11-14(22(24)25)6-7-15(16)20/h4-12H,1-3H3,(H,21,23)/b9-5+. The summed E-state index contributed by atoms with van der Waals surface area (Å²) < 4.78 is 24.6. The molecule has 0 saturated heterocycles. The minimum Gasteiger partial charge on any atom is -0.493 e. The van der Waals surface area contributed by atoms with Crippen molar-refractivity contribution in [1.29, 1.82) is 0 Å². The van der Waals surface area contributed by atoms with E-state index in [1.165, 1.54) is 19.3 Å². The highest BCUT2D eigenvalue weighted by molar-refractivity contribution is 6.02. The van der Waals surface area contributed by atoms with Gasteiger partial charge in [-0.05, 0) is 43.7 Å². The SMILES string of the molecule is COc1cc(/C=C/C(=O)Nc2cc([N+](=O)[O-])ccc2F)ccc1OC(C)C. The molecule has 1 amide bonds. The number of methoxy groups -OCH3 is 1. The number of anilines is 1. The Morgan fingerprint density at radius 3 is 2.59 bits per heavy atom. The third-order valence-corrected chi connectivity index (χ3v) is 3.40. The van der Waals surface area contributed by atoms with Crippen LogP contribution in [0.3, 0.4) is 0 Å². The average molecular weight is 374 g/mol. The van der Waals surface area contributed by atoms with E-state index in [0.717, 1.165) is 18.2 Å². The van der Waals surface area contributed by atoms with Crippen LogP contribution in [-0.2, 0) is 4.79 Å². The van der Waals surface area contributed by atoms with Crippen molar-refractivity contribution in [1.82, 2.24) is 0 Å². The average Bonchev–Trinajstić information content (AvgIpc) is 2.62. The fourth-order valence-corrected chi connectivity index (χ4v) is 2.21. The topological polar surface area (TPSA) is 90.7 Å². The lowest BCUT2D eigenvalue weighted by Gasteiger charge is -2.13. The van der Waals surface area contributed by atoms with E-state index in [4.69, 9.17) is 9.47 Å². The summed E-state index contributed by atoms with van der Waals surface area (Å²) in [6.45, 7) is 3.79. The second-order valence-electron chi connectivity index (χ2n) is 5.82. The van der Waals surface area contributed by atoms with Crippen molar-refractivity contribution in [3.63, 3.8) is 0 Å². The Labute approximate surface area is 155 Å². The van der Waals surface area contributed by atoms with Crippen LogP contribution in [0, 0.1) is 15.9 Å². The van der Waals surface area contributed by atoms with E-state index in [0.29, 0.717) is 17.1 Å². The smallest absolute Gasteiger partial charge is 0.271 e. The molecule has 0 atom stereocenters. The van der Waals surface area contributed by atoms with Crippen molar-refractivity contribution >= 4 is 23.4 Å². The van der Waals surface area contributed by atoms with E-state index in [-0.39, 0.29) is 17.5 Å². The van der Waals surface area contributed by atoms with Crippen LogP contribution in [0.5, 0.6) is 11.5 Å². The van der Waals surface area contributed by atoms with Crippen LogP contribution in [0.25, 0.3) is 6.08 Å². The number of nitrogens with one attached hydrogen (secondary N) is 1. The molecule has 0 bridgehead atoms. The van der Waals surface area contributed by atoms with Gasteiger partial charge in [-0.15, -0.1) is 0 Å². The maximum Gasteiger partial charge on any atom is 0.271 e. The molecule has 142 valence electrons. The third-order valence-electron chi connectivity index (χ3n) is 3.40. The van der Waals surface area contributed by atoms with Gasteiger partial charge < -0.3 is 14.8 Å². The minimum atomic E-state index is -0.765. The number of non-ortho nitro benzene ring substituents is 1. The van der Waals surface area contributed by atoms with Crippen LogP contribution in [-0.4, -0.2) is 24.0 Å². The van der Waals surface area contributed by atoms with Crippen molar-refractivity contribution in [2.75, 3.05) is 12.4 Å². The Balaban J connectivity index is 2.13. The number of ether oxygens (including phenoxy) is 2. The first-order valence-corrected chi connectivity index (χ1v) is 8.08. The normalized spacial score (nSPS) is 10.9. The molecule has 2 aromatic rings. The first-order valence-electron chi connectivity index (χ1n) is 8.08. The zero-order valence-electron chi connectivity index (χ0n) is 15.1. The number of nitrogens with zero attached hydrogens (tertiary/aromatic N) is 1. The molecule has 0 radical (unpaired) electrons. The number of nitro groups is 1. The van der Waals surface area contributed by atoms with Gasteiger partial charge in [-0.2, -0.15) is 0 Å². The molecule has 1 N–H and O–H groups in total. The summed E-state index contributed by atoms with van der Waals surface area (Å²) in [5.41, 5.74) is 0.0795. The fourth-order valence-electron chi connectivity index (χ4n) is 2.21. The maximum absolute atomic E-state index is 13.7. The van der Waals surface area contributed by atoms with E-state index >= 15 is 0 Å². The number of amides is 1. The molecule has 8 heteroatoms. The zero-order valence-corrected chi connectivity index (χ0v) is 15.1. The molecule has 0 heterocycles. The van der Waals surface area contributed by atoms with Crippen LogP contribution in [0.1, 0.15) is 19.4 Å². The molecule has 0 aromatic heterocycles. The molecule has 0 fully saturated rings. The molecule has 0 aliphatic rings. The van der Waals surface area contributed by atoms with Gasteiger partial charge in [0.25, 0.3) is 5.69 Å². The number of carbonyl (C=O) groups excluding carboxylic acids is 1. The molecule has 0 spiro atoms. The number of rotatable bonds is 7. The molecule has 7 nitrogen and oxygen atoms in total. The molecule has 0 aliphatic carbocycles. The van der Waals surface area contributed by atoms with E-state index in [2.05, 4.69) is 5.32 Å². The Morgan fingerprint density at radius 2 is 1.96 bits per heavy atom. The Kier molecular flexibility index (Phi) is 6.48. The number of hydrogen-bond acceptors (Lipinski definition) is 5. The van der Waals surface area contributed by atoms with Gasteiger partial charge in [-0.1, -0.05) is 6.07 Å². The fraction of sp³-hybridized carbons (Fsp3) is 0.211. The van der Waals surface area contributed by atoms with Crippen LogP contribution in [0.4, 0.5) is 15.8 Å². The first-order chi connectivity index (χ1) is 12.8. The second-order valence-corrected chi connectivity index (χ2v) is 5.82. The summed E-state index contributed by atoms with van der Waals surface area (Å²) in [6.07, 6.45) is 2.68. The molecule has 0 aliphatic heterocycles. The van der Waals surface area contributed by atoms with Gasteiger partial charge >= 0.3 is 0 Å². The van der Waals surface area contributed by atoms with Crippen LogP contribution < -0.4 is 14.8 Å². The number of carbonyl (C=O) groups is 1. The number of hydrogen-bond donors (Lipinski definition) is 1. The number of halogens is 1. The summed E-state index contributed by atoms with van der Waals surface area (Å²) >= 11 is 0. The number of nitro benzene ring substituents is 1. The lowest BCUT2D eigenvalue weighted by molar-refractivity contribution is -0.384. The Morgan fingerprint density at radius 1 is 1.22 bits per heavy atom. The summed E-state index contributed by atoms with van der Waals surface area (Å²) in [6, 6.07) is 8.05. The monoisotopic (exact) mass is 374 g/mol. The number of benzene rings is 2. The highest BCUT2D eigenvalue weighted by Crippen LogP contribution is 2.29. The zero-order chi connectivity index (χ0) is 20.0. The van der Waals surface area contributed by atoms with Crippen molar-refractivity contribution in [3.8, 4) is 11.5 Å². The Hall–Kier alpha value is -3.42. The lowest BCUT2D eigenvalue weighted by Crippen LogP contribution is -2.09. The van der Waals surface area contributed by atoms with Crippen molar-refractivity contribution < 1.29 is 23.6 Å².